The molecule has 1 saturated carbocycles. The number of benzene rings is 2. The first kappa shape index (κ1) is 21.2. The van der Waals surface area contributed by atoms with Crippen LogP contribution in [-0.2, 0) is 14.8 Å². The SMILES string of the molecule is Cc1ccc(NS(=O)(=O)c2ccc(O[C@H](C)C(=O)NC3CCCCC3)cc2)cc1. The molecule has 29 heavy (non-hydrogen) atoms. The summed E-state index contributed by atoms with van der Waals surface area (Å²) in [5, 5.41) is 3.04. The van der Waals surface area contributed by atoms with Crippen LogP contribution in [0.1, 0.15) is 44.6 Å². The maximum Gasteiger partial charge on any atom is 0.261 e. The van der Waals surface area contributed by atoms with Gasteiger partial charge in [-0.1, -0.05) is 37.0 Å². The Morgan fingerprint density at radius 2 is 1.62 bits per heavy atom. The fraction of sp³-hybridized carbons (Fsp3) is 0.409. The van der Waals surface area contributed by atoms with Gasteiger partial charge < -0.3 is 10.1 Å². The highest BCUT2D eigenvalue weighted by molar-refractivity contribution is 7.92. The lowest BCUT2D eigenvalue weighted by atomic mass is 9.95. The number of hydrogen-bond donors (Lipinski definition) is 2. The summed E-state index contributed by atoms with van der Waals surface area (Å²) in [5.74, 6) is 0.306. The van der Waals surface area contributed by atoms with Crippen molar-refractivity contribution in [3.8, 4) is 5.75 Å². The molecule has 2 aromatic carbocycles. The van der Waals surface area contributed by atoms with Gasteiger partial charge in [0.1, 0.15) is 5.75 Å². The Morgan fingerprint density at radius 3 is 2.24 bits per heavy atom. The summed E-state index contributed by atoms with van der Waals surface area (Å²) in [7, 11) is -3.69. The number of amides is 1. The predicted octanol–water partition coefficient (Wildman–Crippen LogP) is 4.01. The summed E-state index contributed by atoms with van der Waals surface area (Å²) in [6.45, 7) is 3.63. The summed E-state index contributed by atoms with van der Waals surface area (Å²) >= 11 is 0. The molecule has 3 rings (SSSR count). The molecular formula is C22H28N2O4S. The third-order valence-electron chi connectivity index (χ3n) is 5.07. The lowest BCUT2D eigenvalue weighted by Crippen LogP contribution is -2.43. The van der Waals surface area contributed by atoms with Crippen LogP contribution in [0.3, 0.4) is 0 Å². The fourth-order valence-electron chi connectivity index (χ4n) is 3.36. The Labute approximate surface area is 172 Å². The third-order valence-corrected chi connectivity index (χ3v) is 6.47. The molecule has 6 nitrogen and oxygen atoms in total. The van der Waals surface area contributed by atoms with Crippen molar-refractivity contribution in [2.24, 2.45) is 0 Å². The average molecular weight is 417 g/mol. The number of anilines is 1. The fourth-order valence-corrected chi connectivity index (χ4v) is 4.41. The van der Waals surface area contributed by atoms with Crippen LogP contribution in [0, 0.1) is 6.92 Å². The van der Waals surface area contributed by atoms with Crippen molar-refractivity contribution in [2.45, 2.75) is 63.0 Å². The molecule has 7 heteroatoms. The first-order chi connectivity index (χ1) is 13.8. The topological polar surface area (TPSA) is 84.5 Å². The van der Waals surface area contributed by atoms with Crippen molar-refractivity contribution in [1.29, 1.82) is 0 Å². The van der Waals surface area contributed by atoms with E-state index >= 15 is 0 Å². The average Bonchev–Trinajstić information content (AvgIpc) is 2.71. The smallest absolute Gasteiger partial charge is 0.261 e. The quantitative estimate of drug-likeness (QED) is 0.714. The van der Waals surface area contributed by atoms with Crippen molar-refractivity contribution in [3.63, 3.8) is 0 Å². The van der Waals surface area contributed by atoms with Gasteiger partial charge in [-0.2, -0.15) is 0 Å². The van der Waals surface area contributed by atoms with Gasteiger partial charge in [-0.05, 0) is 63.1 Å². The molecule has 1 amide bonds. The minimum atomic E-state index is -3.69. The Morgan fingerprint density at radius 1 is 1.00 bits per heavy atom. The van der Waals surface area contributed by atoms with E-state index in [4.69, 9.17) is 4.74 Å². The van der Waals surface area contributed by atoms with Crippen molar-refractivity contribution in [1.82, 2.24) is 5.32 Å². The molecule has 0 heterocycles. The molecular weight excluding hydrogens is 388 g/mol. The highest BCUT2D eigenvalue weighted by Crippen LogP contribution is 2.21. The van der Waals surface area contributed by atoms with Crippen molar-refractivity contribution in [3.05, 3.63) is 54.1 Å². The maximum atomic E-state index is 12.5. The van der Waals surface area contributed by atoms with Gasteiger partial charge in [0, 0.05) is 11.7 Å². The number of aryl methyl sites for hydroxylation is 1. The lowest BCUT2D eigenvalue weighted by Gasteiger charge is -2.24. The van der Waals surface area contributed by atoms with Crippen LogP contribution in [0.2, 0.25) is 0 Å². The van der Waals surface area contributed by atoms with Crippen LogP contribution in [-0.4, -0.2) is 26.5 Å². The predicted molar refractivity (Wildman–Crippen MR) is 114 cm³/mol. The Kier molecular flexibility index (Phi) is 6.79. The number of ether oxygens (including phenoxy) is 1. The highest BCUT2D eigenvalue weighted by atomic mass is 32.2. The van der Waals surface area contributed by atoms with E-state index in [0.29, 0.717) is 11.4 Å². The molecule has 2 N–H and O–H groups in total. The van der Waals surface area contributed by atoms with E-state index in [-0.39, 0.29) is 16.8 Å². The standard InChI is InChI=1S/C22H28N2O4S/c1-16-8-10-19(11-9-16)24-29(26,27)21-14-12-20(13-15-21)28-17(2)22(25)23-18-6-4-3-5-7-18/h8-15,17-18,24H,3-7H2,1-2H3,(H,23,25)/t17-/m1/s1. The molecule has 0 unspecified atom stereocenters. The third kappa shape index (κ3) is 5.97. The zero-order chi connectivity index (χ0) is 20.9. The molecule has 0 saturated heterocycles. The largest absolute Gasteiger partial charge is 0.481 e. The number of carbonyl (C=O) groups is 1. The van der Waals surface area contributed by atoms with E-state index in [1.807, 2.05) is 19.1 Å². The van der Waals surface area contributed by atoms with Crippen LogP contribution in [0.15, 0.2) is 53.4 Å². The minimum absolute atomic E-state index is 0.129. The minimum Gasteiger partial charge on any atom is -0.481 e. The highest BCUT2D eigenvalue weighted by Gasteiger charge is 2.21. The summed E-state index contributed by atoms with van der Waals surface area (Å²) < 4.78 is 33.3. The Balaban J connectivity index is 1.58. The van der Waals surface area contributed by atoms with Gasteiger partial charge in [0.2, 0.25) is 0 Å². The lowest BCUT2D eigenvalue weighted by molar-refractivity contribution is -0.128. The van der Waals surface area contributed by atoms with Gasteiger partial charge in [-0.15, -0.1) is 0 Å². The van der Waals surface area contributed by atoms with Crippen LogP contribution in [0.4, 0.5) is 5.69 Å². The van der Waals surface area contributed by atoms with Crippen LogP contribution in [0.5, 0.6) is 5.75 Å². The summed E-state index contributed by atoms with van der Waals surface area (Å²) in [6.07, 6.45) is 4.90. The molecule has 0 aromatic heterocycles. The summed E-state index contributed by atoms with van der Waals surface area (Å²) in [4.78, 5) is 12.5. The zero-order valence-electron chi connectivity index (χ0n) is 16.9. The molecule has 1 fully saturated rings. The summed E-state index contributed by atoms with van der Waals surface area (Å²) in [6, 6.07) is 13.4. The first-order valence-corrected chi connectivity index (χ1v) is 11.5. The van der Waals surface area contributed by atoms with Crippen LogP contribution in [0.25, 0.3) is 0 Å². The second-order valence-corrected chi connectivity index (χ2v) is 9.23. The monoisotopic (exact) mass is 416 g/mol. The first-order valence-electron chi connectivity index (χ1n) is 10.00. The van der Waals surface area contributed by atoms with E-state index in [1.54, 1.807) is 31.2 Å². The van der Waals surface area contributed by atoms with Crippen LogP contribution < -0.4 is 14.8 Å². The van der Waals surface area contributed by atoms with E-state index < -0.39 is 16.1 Å². The zero-order valence-corrected chi connectivity index (χ0v) is 17.7. The van der Waals surface area contributed by atoms with Gasteiger partial charge in [-0.3, -0.25) is 9.52 Å². The number of nitrogens with one attached hydrogen (secondary N) is 2. The molecule has 0 bridgehead atoms. The summed E-state index contributed by atoms with van der Waals surface area (Å²) in [5.41, 5.74) is 1.56. The van der Waals surface area contributed by atoms with Gasteiger partial charge in [-0.25, -0.2) is 8.42 Å². The van der Waals surface area contributed by atoms with Crippen molar-refractivity contribution >= 4 is 21.6 Å². The van der Waals surface area contributed by atoms with E-state index in [9.17, 15) is 13.2 Å². The number of carbonyl (C=O) groups excluding carboxylic acids is 1. The second kappa shape index (κ2) is 9.31. The van der Waals surface area contributed by atoms with E-state index in [2.05, 4.69) is 10.0 Å². The van der Waals surface area contributed by atoms with Crippen LogP contribution >= 0.6 is 0 Å². The second-order valence-electron chi connectivity index (χ2n) is 7.55. The number of sulfonamides is 1. The molecule has 0 aliphatic heterocycles. The molecule has 156 valence electrons. The van der Waals surface area contributed by atoms with E-state index in [0.717, 1.165) is 31.2 Å². The molecule has 0 spiro atoms. The number of hydrogen-bond acceptors (Lipinski definition) is 4. The van der Waals surface area contributed by atoms with Gasteiger partial charge in [0.25, 0.3) is 15.9 Å². The normalized spacial score (nSPS) is 16.1. The Bertz CT molecular complexity index is 918. The van der Waals surface area contributed by atoms with Crippen molar-refractivity contribution in [2.75, 3.05) is 4.72 Å². The Hall–Kier alpha value is -2.54. The maximum absolute atomic E-state index is 12.5. The van der Waals surface area contributed by atoms with Gasteiger partial charge >= 0.3 is 0 Å². The van der Waals surface area contributed by atoms with Gasteiger partial charge in [0.15, 0.2) is 6.10 Å². The molecule has 1 aliphatic rings. The molecule has 1 aliphatic carbocycles. The molecule has 1 atom stereocenters. The molecule has 0 radical (unpaired) electrons. The van der Waals surface area contributed by atoms with E-state index in [1.165, 1.54) is 18.6 Å². The van der Waals surface area contributed by atoms with Gasteiger partial charge in [0.05, 0.1) is 4.90 Å². The van der Waals surface area contributed by atoms with Crippen molar-refractivity contribution < 1.29 is 17.9 Å². The molecule has 2 aromatic rings. The number of rotatable bonds is 7.